The number of carbonyl (C=O) groups is 1. The van der Waals surface area contributed by atoms with Crippen LogP contribution in [0.2, 0.25) is 0 Å². The zero-order valence-electron chi connectivity index (χ0n) is 16.9. The highest BCUT2D eigenvalue weighted by molar-refractivity contribution is 8.00. The van der Waals surface area contributed by atoms with Crippen molar-refractivity contribution in [3.8, 4) is 6.07 Å². The summed E-state index contributed by atoms with van der Waals surface area (Å²) in [5.41, 5.74) is 4.19. The van der Waals surface area contributed by atoms with Crippen molar-refractivity contribution in [3.05, 3.63) is 68.9 Å². The summed E-state index contributed by atoms with van der Waals surface area (Å²) in [6, 6.07) is 9.63. The number of hydrogen-bond donors (Lipinski definition) is 0. The van der Waals surface area contributed by atoms with Crippen LogP contribution in [0.15, 0.2) is 50.5 Å². The molecule has 4 rings (SSSR count). The third kappa shape index (κ3) is 3.78. The fourth-order valence-electron chi connectivity index (χ4n) is 3.38. The van der Waals surface area contributed by atoms with Gasteiger partial charge in [0.05, 0.1) is 28.2 Å². The molecule has 3 aromatic heterocycles. The second-order valence-electron chi connectivity index (χ2n) is 7.03. The predicted octanol–water partition coefficient (Wildman–Crippen LogP) is 5.00. The van der Waals surface area contributed by atoms with E-state index in [1.807, 2.05) is 50.4 Å². The van der Waals surface area contributed by atoms with Crippen LogP contribution in [0.5, 0.6) is 0 Å². The minimum absolute atomic E-state index is 0.141. The molecule has 0 fully saturated rings. The first-order valence-corrected chi connectivity index (χ1v) is 11.3. The predicted molar refractivity (Wildman–Crippen MR) is 118 cm³/mol. The van der Waals surface area contributed by atoms with Gasteiger partial charge in [0.15, 0.2) is 0 Å². The molecule has 1 aliphatic rings. The number of thiophene rings is 1. The number of aryl methyl sites for hydroxylation is 1. The summed E-state index contributed by atoms with van der Waals surface area (Å²) in [4.78, 5) is 18.7. The molecule has 8 heteroatoms. The maximum Gasteiger partial charge on any atom is 0.253 e. The van der Waals surface area contributed by atoms with Crippen molar-refractivity contribution >= 4 is 34.7 Å². The standard InChI is InChI=1S/C22H20N4O2S2/c1-13-14(2)16(11-23)22(24-15(13)3)30-12-21(27)26-18(19-6-4-8-28-19)10-17(25-26)20-7-5-9-29-20/h4-9,18H,10,12H2,1-3H3/t18-/m0/s1. The number of rotatable bonds is 5. The molecule has 1 aliphatic heterocycles. The Morgan fingerprint density at radius 2 is 2.17 bits per heavy atom. The number of hydrazone groups is 1. The number of hydrogen-bond acceptors (Lipinski definition) is 7. The first-order chi connectivity index (χ1) is 14.5. The maximum absolute atomic E-state index is 13.1. The lowest BCUT2D eigenvalue weighted by Crippen LogP contribution is -2.28. The topological polar surface area (TPSA) is 82.5 Å². The molecule has 1 atom stereocenters. The third-order valence-electron chi connectivity index (χ3n) is 5.25. The molecule has 0 aliphatic carbocycles. The molecule has 0 saturated heterocycles. The maximum atomic E-state index is 13.1. The summed E-state index contributed by atoms with van der Waals surface area (Å²) >= 11 is 2.88. The van der Waals surface area contributed by atoms with Crippen molar-refractivity contribution in [1.29, 1.82) is 5.26 Å². The highest BCUT2D eigenvalue weighted by Crippen LogP contribution is 2.35. The lowest BCUT2D eigenvalue weighted by Gasteiger charge is -2.20. The fraction of sp³-hybridized carbons (Fsp3) is 0.273. The Labute approximate surface area is 183 Å². The first-order valence-electron chi connectivity index (χ1n) is 9.47. The van der Waals surface area contributed by atoms with E-state index in [0.29, 0.717) is 22.8 Å². The van der Waals surface area contributed by atoms with E-state index in [2.05, 4.69) is 16.2 Å². The Morgan fingerprint density at radius 1 is 1.33 bits per heavy atom. The average molecular weight is 437 g/mol. The fourth-order valence-corrected chi connectivity index (χ4v) is 5.04. The van der Waals surface area contributed by atoms with Crippen molar-refractivity contribution in [2.75, 3.05) is 5.75 Å². The van der Waals surface area contributed by atoms with Crippen LogP contribution in [0.1, 0.15) is 45.5 Å². The summed E-state index contributed by atoms with van der Waals surface area (Å²) in [5.74, 6) is 0.707. The van der Waals surface area contributed by atoms with E-state index in [4.69, 9.17) is 4.42 Å². The molecule has 0 bridgehead atoms. The van der Waals surface area contributed by atoms with Gasteiger partial charge < -0.3 is 4.42 Å². The number of pyridine rings is 1. The third-order valence-corrected chi connectivity index (χ3v) is 7.13. The minimum Gasteiger partial charge on any atom is -0.467 e. The van der Waals surface area contributed by atoms with Crippen molar-refractivity contribution in [3.63, 3.8) is 0 Å². The van der Waals surface area contributed by atoms with Gasteiger partial charge in [-0.1, -0.05) is 17.8 Å². The van der Waals surface area contributed by atoms with Crippen molar-refractivity contribution in [2.24, 2.45) is 5.10 Å². The average Bonchev–Trinajstić information content (AvgIpc) is 3.50. The molecule has 0 saturated carbocycles. The van der Waals surface area contributed by atoms with E-state index in [1.165, 1.54) is 16.8 Å². The molecule has 0 radical (unpaired) electrons. The van der Waals surface area contributed by atoms with Crippen molar-refractivity contribution < 1.29 is 9.21 Å². The van der Waals surface area contributed by atoms with Gasteiger partial charge in [-0.25, -0.2) is 9.99 Å². The Bertz CT molecular complexity index is 1150. The number of nitrogens with zero attached hydrogens (tertiary/aromatic N) is 4. The van der Waals surface area contributed by atoms with Crippen LogP contribution in [0.4, 0.5) is 0 Å². The number of furan rings is 1. The lowest BCUT2D eigenvalue weighted by molar-refractivity contribution is -0.130. The number of nitriles is 1. The molecule has 6 nitrogen and oxygen atoms in total. The Hall–Kier alpha value is -2.89. The van der Waals surface area contributed by atoms with Crippen LogP contribution in [0, 0.1) is 32.1 Å². The van der Waals surface area contributed by atoms with Gasteiger partial charge in [0.1, 0.15) is 22.9 Å². The van der Waals surface area contributed by atoms with Crippen LogP contribution >= 0.6 is 23.1 Å². The molecule has 0 N–H and O–H groups in total. The molecular formula is C22H20N4O2S2. The Morgan fingerprint density at radius 3 is 2.83 bits per heavy atom. The highest BCUT2D eigenvalue weighted by Gasteiger charge is 2.35. The largest absolute Gasteiger partial charge is 0.467 e. The highest BCUT2D eigenvalue weighted by atomic mass is 32.2. The second-order valence-corrected chi connectivity index (χ2v) is 8.94. The van der Waals surface area contributed by atoms with E-state index in [1.54, 1.807) is 17.6 Å². The normalized spacial score (nSPS) is 15.9. The summed E-state index contributed by atoms with van der Waals surface area (Å²) in [6.07, 6.45) is 2.21. The number of carbonyl (C=O) groups excluding carboxylic acids is 1. The summed E-state index contributed by atoms with van der Waals surface area (Å²) < 4.78 is 5.58. The van der Waals surface area contributed by atoms with Crippen LogP contribution in [0.3, 0.4) is 0 Å². The lowest BCUT2D eigenvalue weighted by atomic mass is 10.1. The quantitative estimate of drug-likeness (QED) is 0.526. The molecule has 3 aromatic rings. The van der Waals surface area contributed by atoms with Crippen LogP contribution in [0.25, 0.3) is 0 Å². The van der Waals surface area contributed by atoms with E-state index >= 15 is 0 Å². The zero-order valence-corrected chi connectivity index (χ0v) is 18.5. The van der Waals surface area contributed by atoms with Gasteiger partial charge in [0.2, 0.25) is 0 Å². The number of amides is 1. The van der Waals surface area contributed by atoms with Crippen molar-refractivity contribution in [2.45, 2.75) is 38.3 Å². The SMILES string of the molecule is Cc1nc(SCC(=O)N2N=C(c3cccs3)C[C@H]2c2ccco2)c(C#N)c(C)c1C. The minimum atomic E-state index is -0.268. The van der Waals surface area contributed by atoms with Gasteiger partial charge in [-0.15, -0.1) is 11.3 Å². The van der Waals surface area contributed by atoms with Crippen molar-refractivity contribution in [1.82, 2.24) is 9.99 Å². The van der Waals surface area contributed by atoms with Gasteiger partial charge in [-0.3, -0.25) is 4.79 Å². The van der Waals surface area contributed by atoms with Gasteiger partial charge in [0, 0.05) is 12.1 Å². The van der Waals surface area contributed by atoms with Gasteiger partial charge >= 0.3 is 0 Å². The van der Waals surface area contributed by atoms with E-state index in [-0.39, 0.29) is 17.7 Å². The number of aromatic nitrogens is 1. The van der Waals surface area contributed by atoms with Gasteiger partial charge in [0.25, 0.3) is 5.91 Å². The monoisotopic (exact) mass is 436 g/mol. The Kier molecular flexibility index (Phi) is 5.75. The molecule has 0 spiro atoms. The van der Waals surface area contributed by atoms with E-state index in [9.17, 15) is 10.1 Å². The summed E-state index contributed by atoms with van der Waals surface area (Å²) in [5, 5.41) is 18.3. The summed E-state index contributed by atoms with van der Waals surface area (Å²) in [7, 11) is 0. The van der Waals surface area contributed by atoms with E-state index in [0.717, 1.165) is 27.4 Å². The Balaban J connectivity index is 1.58. The summed E-state index contributed by atoms with van der Waals surface area (Å²) in [6.45, 7) is 5.79. The van der Waals surface area contributed by atoms with Gasteiger partial charge in [-0.2, -0.15) is 10.4 Å². The first kappa shape index (κ1) is 20.4. The molecule has 0 unspecified atom stereocenters. The molecule has 30 heavy (non-hydrogen) atoms. The smallest absolute Gasteiger partial charge is 0.253 e. The van der Waals surface area contributed by atoms with E-state index < -0.39 is 0 Å². The number of thioether (sulfide) groups is 1. The molecule has 0 aromatic carbocycles. The van der Waals surface area contributed by atoms with Gasteiger partial charge in [-0.05, 0) is 55.5 Å². The molecule has 1 amide bonds. The van der Waals surface area contributed by atoms with Crippen LogP contribution in [-0.4, -0.2) is 27.4 Å². The zero-order chi connectivity index (χ0) is 21.3. The van der Waals surface area contributed by atoms with Crippen LogP contribution in [-0.2, 0) is 4.79 Å². The molecular weight excluding hydrogens is 416 g/mol. The second kappa shape index (κ2) is 8.46. The van der Waals surface area contributed by atoms with Crippen LogP contribution < -0.4 is 0 Å². The molecule has 152 valence electrons. The molecule has 4 heterocycles.